The molecule has 0 aromatic carbocycles. The molecule has 0 aliphatic carbocycles. The van der Waals surface area contributed by atoms with Crippen LogP contribution in [0.2, 0.25) is 23.2 Å². The summed E-state index contributed by atoms with van der Waals surface area (Å²) in [5, 5.41) is 3.69. The Balaban J connectivity index is 1.46. The molecule has 0 bridgehead atoms. The third kappa shape index (κ3) is 6.43. The van der Waals surface area contributed by atoms with Gasteiger partial charge in [-0.1, -0.05) is 32.4 Å². The molecule has 1 aliphatic rings. The van der Waals surface area contributed by atoms with Gasteiger partial charge in [0.15, 0.2) is 0 Å². The second-order valence-electron chi connectivity index (χ2n) is 9.76. The smallest absolute Gasteiger partial charge is 0.250 e. The number of hydrogen-bond donors (Lipinski definition) is 1. The minimum atomic E-state index is -1.90. The number of carbonyl (C=O) groups is 1. The Hall–Kier alpha value is -2.12. The van der Waals surface area contributed by atoms with Crippen molar-refractivity contribution >= 4 is 37.5 Å². The molecular formula is C23H33ClN4O2Si. The Morgan fingerprint density at radius 3 is 2.42 bits per heavy atom. The highest BCUT2D eigenvalue weighted by Gasteiger charge is 2.39. The van der Waals surface area contributed by atoms with Crippen molar-refractivity contribution < 1.29 is 9.22 Å². The van der Waals surface area contributed by atoms with E-state index in [1.807, 2.05) is 24.3 Å². The van der Waals surface area contributed by atoms with E-state index in [4.69, 9.17) is 16.0 Å². The van der Waals surface area contributed by atoms with Crippen LogP contribution in [0.1, 0.15) is 40.0 Å². The third-order valence-corrected chi connectivity index (χ3v) is 10.9. The van der Waals surface area contributed by atoms with Crippen molar-refractivity contribution in [2.24, 2.45) is 5.92 Å². The Morgan fingerprint density at radius 2 is 1.87 bits per heavy atom. The summed E-state index contributed by atoms with van der Waals surface area (Å²) in [4.78, 5) is 23.5. The summed E-state index contributed by atoms with van der Waals surface area (Å²) in [5.74, 6) is 2.64. The lowest BCUT2D eigenvalue weighted by Crippen LogP contribution is -2.43. The maximum absolute atomic E-state index is 12.5. The molecule has 1 fully saturated rings. The van der Waals surface area contributed by atoms with Crippen LogP contribution in [-0.4, -0.2) is 37.3 Å². The van der Waals surface area contributed by atoms with Crippen LogP contribution in [0.3, 0.4) is 0 Å². The van der Waals surface area contributed by atoms with Crippen LogP contribution in [0.4, 0.5) is 11.6 Å². The summed E-state index contributed by atoms with van der Waals surface area (Å²) in [6, 6.07) is 7.51. The van der Waals surface area contributed by atoms with Gasteiger partial charge < -0.3 is 14.6 Å². The van der Waals surface area contributed by atoms with E-state index in [-0.39, 0.29) is 10.9 Å². The highest BCUT2D eigenvalue weighted by Crippen LogP contribution is 2.37. The zero-order valence-electron chi connectivity index (χ0n) is 19.1. The van der Waals surface area contributed by atoms with E-state index in [9.17, 15) is 4.79 Å². The summed E-state index contributed by atoms with van der Waals surface area (Å²) in [5.41, 5.74) is 0. The second kappa shape index (κ2) is 9.57. The average Bonchev–Trinajstić information content (AvgIpc) is 2.70. The van der Waals surface area contributed by atoms with Gasteiger partial charge in [0.1, 0.15) is 17.4 Å². The van der Waals surface area contributed by atoms with Crippen molar-refractivity contribution in [1.82, 2.24) is 9.97 Å². The quantitative estimate of drug-likeness (QED) is 0.555. The lowest BCUT2D eigenvalue weighted by atomic mass is 9.93. The van der Waals surface area contributed by atoms with Crippen LogP contribution in [0.15, 0.2) is 36.7 Å². The first-order chi connectivity index (χ1) is 14.5. The molecule has 0 radical (unpaired) electrons. The lowest BCUT2D eigenvalue weighted by molar-refractivity contribution is -0.117. The molecule has 1 saturated heterocycles. The summed E-state index contributed by atoms with van der Waals surface area (Å²) in [6.45, 7) is 12.8. The van der Waals surface area contributed by atoms with E-state index in [2.05, 4.69) is 54.0 Å². The zero-order valence-corrected chi connectivity index (χ0v) is 20.9. The van der Waals surface area contributed by atoms with E-state index in [0.29, 0.717) is 23.2 Å². The van der Waals surface area contributed by atoms with Gasteiger partial charge in [-0.05, 0) is 61.2 Å². The monoisotopic (exact) mass is 460 g/mol. The van der Waals surface area contributed by atoms with Crippen molar-refractivity contribution in [2.75, 3.05) is 23.3 Å². The van der Waals surface area contributed by atoms with Gasteiger partial charge in [0.05, 0.1) is 11.2 Å². The fraction of sp³-hybridized carbons (Fsp3) is 0.522. The van der Waals surface area contributed by atoms with Gasteiger partial charge in [-0.15, -0.1) is 0 Å². The minimum Gasteiger partial charge on any atom is -0.542 e. The minimum absolute atomic E-state index is 0.00799. The molecule has 0 unspecified atom stereocenters. The molecule has 168 valence electrons. The first-order valence-electron chi connectivity index (χ1n) is 10.8. The van der Waals surface area contributed by atoms with Crippen molar-refractivity contribution in [1.29, 1.82) is 0 Å². The van der Waals surface area contributed by atoms with Gasteiger partial charge in [-0.3, -0.25) is 4.79 Å². The standard InChI is InChI=1S/C23H33ClN4O2Si/c1-23(2,3)31(4,5)30-19-7-8-20(25-16-19)27-22(29)14-17-10-12-28(13-11-17)21-9-6-18(24)15-26-21/h6-9,15-17H,10-14H2,1-5H3,(H,25,27,29). The molecule has 8 heteroatoms. The van der Waals surface area contributed by atoms with E-state index in [0.717, 1.165) is 37.5 Å². The molecule has 0 atom stereocenters. The first-order valence-corrected chi connectivity index (χ1v) is 14.1. The molecule has 3 rings (SSSR count). The van der Waals surface area contributed by atoms with Gasteiger partial charge in [0, 0.05) is 25.7 Å². The highest BCUT2D eigenvalue weighted by atomic mass is 35.5. The third-order valence-electron chi connectivity index (χ3n) is 6.31. The number of aromatic nitrogens is 2. The largest absolute Gasteiger partial charge is 0.542 e. The molecule has 31 heavy (non-hydrogen) atoms. The Bertz CT molecular complexity index is 874. The number of nitrogens with one attached hydrogen (secondary N) is 1. The van der Waals surface area contributed by atoms with Gasteiger partial charge in [0.2, 0.25) is 5.91 Å². The fourth-order valence-corrected chi connectivity index (χ4v) is 4.47. The summed E-state index contributed by atoms with van der Waals surface area (Å²) in [7, 11) is -1.90. The van der Waals surface area contributed by atoms with Crippen LogP contribution >= 0.6 is 11.6 Å². The van der Waals surface area contributed by atoms with Gasteiger partial charge in [0.25, 0.3) is 8.32 Å². The number of anilines is 2. The maximum atomic E-state index is 12.5. The average molecular weight is 461 g/mol. The van der Waals surface area contributed by atoms with E-state index in [1.54, 1.807) is 12.4 Å². The van der Waals surface area contributed by atoms with Crippen LogP contribution in [0.25, 0.3) is 0 Å². The number of pyridine rings is 2. The number of amides is 1. The Kier molecular flexibility index (Phi) is 7.26. The maximum Gasteiger partial charge on any atom is 0.250 e. The fourth-order valence-electron chi connectivity index (χ4n) is 3.34. The molecule has 6 nitrogen and oxygen atoms in total. The zero-order chi connectivity index (χ0) is 22.6. The van der Waals surface area contributed by atoms with Crippen molar-refractivity contribution in [3.8, 4) is 5.75 Å². The number of halogens is 1. The van der Waals surface area contributed by atoms with E-state index < -0.39 is 8.32 Å². The molecule has 3 heterocycles. The number of carbonyl (C=O) groups excluding carboxylic acids is 1. The molecule has 1 N–H and O–H groups in total. The number of hydrogen-bond acceptors (Lipinski definition) is 5. The Morgan fingerprint density at radius 1 is 1.16 bits per heavy atom. The topological polar surface area (TPSA) is 67.3 Å². The second-order valence-corrected chi connectivity index (χ2v) is 14.9. The van der Waals surface area contributed by atoms with Crippen molar-refractivity contribution in [3.63, 3.8) is 0 Å². The van der Waals surface area contributed by atoms with Gasteiger partial charge in [-0.25, -0.2) is 9.97 Å². The van der Waals surface area contributed by atoms with Gasteiger partial charge >= 0.3 is 0 Å². The first kappa shape index (κ1) is 23.5. The van der Waals surface area contributed by atoms with Crippen LogP contribution < -0.4 is 14.6 Å². The van der Waals surface area contributed by atoms with Gasteiger partial charge in [-0.2, -0.15) is 0 Å². The summed E-state index contributed by atoms with van der Waals surface area (Å²) >= 11 is 5.92. The number of rotatable bonds is 6. The molecule has 1 amide bonds. The summed E-state index contributed by atoms with van der Waals surface area (Å²) < 4.78 is 6.25. The van der Waals surface area contributed by atoms with Crippen molar-refractivity contribution in [3.05, 3.63) is 41.7 Å². The molecule has 0 spiro atoms. The predicted molar refractivity (Wildman–Crippen MR) is 129 cm³/mol. The van der Waals surface area contributed by atoms with Crippen molar-refractivity contribution in [2.45, 2.75) is 58.2 Å². The lowest BCUT2D eigenvalue weighted by Gasteiger charge is -2.36. The van der Waals surface area contributed by atoms with Crippen LogP contribution in [-0.2, 0) is 4.79 Å². The SMILES string of the molecule is CC(C)(C)[Si](C)(C)Oc1ccc(NC(=O)CC2CCN(c3ccc(Cl)cn3)CC2)nc1. The molecule has 0 saturated carbocycles. The van der Waals surface area contributed by atoms with Crippen LogP contribution in [0, 0.1) is 5.92 Å². The Labute approximate surface area is 191 Å². The highest BCUT2D eigenvalue weighted by molar-refractivity contribution is 6.74. The molecular weight excluding hydrogens is 428 g/mol. The molecule has 2 aromatic rings. The predicted octanol–water partition coefficient (Wildman–Crippen LogP) is 5.76. The number of nitrogens with zero attached hydrogens (tertiary/aromatic N) is 3. The van der Waals surface area contributed by atoms with E-state index >= 15 is 0 Å². The normalized spacial score (nSPS) is 15.6. The summed E-state index contributed by atoms with van der Waals surface area (Å²) in [6.07, 6.45) is 5.81. The van der Waals surface area contributed by atoms with E-state index in [1.165, 1.54) is 0 Å². The number of piperidine rings is 1. The molecule has 2 aromatic heterocycles. The van der Waals surface area contributed by atoms with Crippen LogP contribution in [0.5, 0.6) is 5.75 Å². The molecule has 1 aliphatic heterocycles.